The van der Waals surface area contributed by atoms with Crippen LogP contribution in [0.15, 0.2) is 36.5 Å². The predicted octanol–water partition coefficient (Wildman–Crippen LogP) is 3.05. The number of piperazine rings is 1. The van der Waals surface area contributed by atoms with Gasteiger partial charge in [-0.05, 0) is 25.0 Å². The number of nitrogens with one attached hydrogen (secondary N) is 1. The molecule has 1 aliphatic heterocycles. The van der Waals surface area contributed by atoms with Gasteiger partial charge in [-0.15, -0.1) is 0 Å². The SMILES string of the molecule is O=C(CN1CCN(C(=O)c2ccccc2Cl)CC1)Nc1ccnn1C1CCCC1. The maximum Gasteiger partial charge on any atom is 0.255 e. The maximum absolute atomic E-state index is 12.7. The van der Waals surface area contributed by atoms with E-state index >= 15 is 0 Å². The van der Waals surface area contributed by atoms with Gasteiger partial charge in [-0.3, -0.25) is 14.5 Å². The molecule has 2 fully saturated rings. The molecule has 0 atom stereocenters. The van der Waals surface area contributed by atoms with E-state index in [1.54, 1.807) is 23.2 Å². The molecule has 0 bridgehead atoms. The smallest absolute Gasteiger partial charge is 0.255 e. The van der Waals surface area contributed by atoms with Crippen LogP contribution in [-0.2, 0) is 4.79 Å². The number of hydrogen-bond donors (Lipinski definition) is 1. The lowest BCUT2D eigenvalue weighted by molar-refractivity contribution is -0.117. The fourth-order valence-electron chi connectivity index (χ4n) is 4.15. The molecule has 1 saturated carbocycles. The van der Waals surface area contributed by atoms with Crippen molar-refractivity contribution >= 4 is 29.2 Å². The summed E-state index contributed by atoms with van der Waals surface area (Å²) in [7, 11) is 0. The van der Waals surface area contributed by atoms with Crippen molar-refractivity contribution in [3.63, 3.8) is 0 Å². The van der Waals surface area contributed by atoms with E-state index in [-0.39, 0.29) is 11.8 Å². The van der Waals surface area contributed by atoms with E-state index in [0.29, 0.717) is 49.4 Å². The van der Waals surface area contributed by atoms with Crippen molar-refractivity contribution < 1.29 is 9.59 Å². The van der Waals surface area contributed by atoms with Gasteiger partial charge in [0.15, 0.2) is 0 Å². The molecule has 0 radical (unpaired) electrons. The number of halogens is 1. The van der Waals surface area contributed by atoms with Crippen molar-refractivity contribution in [2.45, 2.75) is 31.7 Å². The van der Waals surface area contributed by atoms with E-state index < -0.39 is 0 Å². The second-order valence-corrected chi connectivity index (χ2v) is 8.10. The van der Waals surface area contributed by atoms with Crippen LogP contribution in [0.1, 0.15) is 42.1 Å². The summed E-state index contributed by atoms with van der Waals surface area (Å²) in [5.74, 6) is 0.672. The first-order valence-corrected chi connectivity index (χ1v) is 10.6. The van der Waals surface area contributed by atoms with Crippen molar-refractivity contribution in [2.75, 3.05) is 38.0 Å². The van der Waals surface area contributed by atoms with E-state index in [1.807, 2.05) is 22.9 Å². The minimum atomic E-state index is -0.0554. The molecule has 2 heterocycles. The number of amides is 2. The number of benzene rings is 1. The molecule has 1 saturated heterocycles. The number of hydrogen-bond acceptors (Lipinski definition) is 4. The van der Waals surface area contributed by atoms with Crippen molar-refractivity contribution in [2.24, 2.45) is 0 Å². The number of nitrogens with zero attached hydrogens (tertiary/aromatic N) is 4. The average molecular weight is 416 g/mol. The van der Waals surface area contributed by atoms with Gasteiger partial charge in [-0.25, -0.2) is 4.68 Å². The van der Waals surface area contributed by atoms with Crippen LogP contribution in [0, 0.1) is 0 Å². The molecule has 4 rings (SSSR count). The molecule has 2 amide bonds. The van der Waals surface area contributed by atoms with E-state index in [1.165, 1.54) is 12.8 Å². The lowest BCUT2D eigenvalue weighted by Crippen LogP contribution is -2.50. The van der Waals surface area contributed by atoms with Crippen LogP contribution in [0.5, 0.6) is 0 Å². The molecular formula is C21H26ClN5O2. The Morgan fingerprint density at radius 2 is 1.79 bits per heavy atom. The van der Waals surface area contributed by atoms with Gasteiger partial charge >= 0.3 is 0 Å². The van der Waals surface area contributed by atoms with Crippen molar-refractivity contribution in [1.82, 2.24) is 19.6 Å². The summed E-state index contributed by atoms with van der Waals surface area (Å²) in [6.07, 6.45) is 6.41. The second-order valence-electron chi connectivity index (χ2n) is 7.70. The van der Waals surface area contributed by atoms with E-state index in [9.17, 15) is 9.59 Å². The van der Waals surface area contributed by atoms with Crippen LogP contribution in [-0.4, -0.2) is 64.1 Å². The van der Waals surface area contributed by atoms with Crippen LogP contribution in [0.2, 0.25) is 5.02 Å². The highest BCUT2D eigenvalue weighted by molar-refractivity contribution is 6.33. The molecule has 1 aromatic carbocycles. The number of carbonyl (C=O) groups is 2. The van der Waals surface area contributed by atoms with Crippen LogP contribution in [0.4, 0.5) is 5.82 Å². The molecule has 1 aliphatic carbocycles. The van der Waals surface area contributed by atoms with Gasteiger partial charge < -0.3 is 10.2 Å². The molecule has 0 spiro atoms. The topological polar surface area (TPSA) is 70.5 Å². The third-order valence-electron chi connectivity index (χ3n) is 5.74. The van der Waals surface area contributed by atoms with Crippen LogP contribution < -0.4 is 5.32 Å². The zero-order chi connectivity index (χ0) is 20.2. The Labute approximate surface area is 175 Å². The fraction of sp³-hybridized carbons (Fsp3) is 0.476. The summed E-state index contributed by atoms with van der Waals surface area (Å²) in [5, 5.41) is 7.87. The van der Waals surface area contributed by atoms with Crippen molar-refractivity contribution in [3.8, 4) is 0 Å². The largest absolute Gasteiger partial charge is 0.336 e. The quantitative estimate of drug-likeness (QED) is 0.814. The Bertz CT molecular complexity index is 869. The summed E-state index contributed by atoms with van der Waals surface area (Å²) in [4.78, 5) is 29.1. The molecule has 2 aliphatic rings. The monoisotopic (exact) mass is 415 g/mol. The van der Waals surface area contributed by atoms with Gasteiger partial charge in [0.2, 0.25) is 5.91 Å². The molecule has 8 heteroatoms. The van der Waals surface area contributed by atoms with Crippen molar-refractivity contribution in [3.05, 3.63) is 47.1 Å². The molecule has 29 heavy (non-hydrogen) atoms. The summed E-state index contributed by atoms with van der Waals surface area (Å²) in [6, 6.07) is 9.35. The molecular weight excluding hydrogens is 390 g/mol. The molecule has 0 unspecified atom stereocenters. The highest BCUT2D eigenvalue weighted by atomic mass is 35.5. The van der Waals surface area contributed by atoms with E-state index in [2.05, 4.69) is 15.3 Å². The molecule has 7 nitrogen and oxygen atoms in total. The minimum absolute atomic E-state index is 0.0457. The highest BCUT2D eigenvalue weighted by Gasteiger charge is 2.25. The van der Waals surface area contributed by atoms with E-state index in [0.717, 1.165) is 18.7 Å². The fourth-order valence-corrected chi connectivity index (χ4v) is 4.37. The molecule has 154 valence electrons. The maximum atomic E-state index is 12.7. The predicted molar refractivity (Wildman–Crippen MR) is 112 cm³/mol. The Morgan fingerprint density at radius 1 is 1.07 bits per heavy atom. The number of aromatic nitrogens is 2. The number of carbonyl (C=O) groups excluding carboxylic acids is 2. The molecule has 1 N–H and O–H groups in total. The first-order valence-electron chi connectivity index (χ1n) is 10.2. The number of anilines is 1. The summed E-state index contributed by atoms with van der Waals surface area (Å²) in [6.45, 7) is 2.79. The highest BCUT2D eigenvalue weighted by Crippen LogP contribution is 2.31. The summed E-state index contributed by atoms with van der Waals surface area (Å²) in [5.41, 5.74) is 0.528. The van der Waals surface area contributed by atoms with Crippen LogP contribution in [0.3, 0.4) is 0 Å². The Morgan fingerprint density at radius 3 is 2.52 bits per heavy atom. The van der Waals surface area contributed by atoms with Gasteiger partial charge in [0.25, 0.3) is 5.91 Å². The standard InChI is InChI=1S/C21H26ClN5O2/c22-18-8-4-3-7-17(18)21(29)26-13-11-25(12-14-26)15-20(28)24-19-9-10-23-27(19)16-5-1-2-6-16/h3-4,7-10,16H,1-2,5-6,11-15H2,(H,24,28). The zero-order valence-electron chi connectivity index (χ0n) is 16.4. The molecule has 2 aromatic rings. The van der Waals surface area contributed by atoms with Gasteiger partial charge in [0.1, 0.15) is 5.82 Å². The Kier molecular flexibility index (Phi) is 6.16. The van der Waals surface area contributed by atoms with E-state index in [4.69, 9.17) is 11.6 Å². The Hall–Kier alpha value is -2.38. The number of rotatable bonds is 5. The minimum Gasteiger partial charge on any atom is -0.336 e. The van der Waals surface area contributed by atoms with Gasteiger partial charge in [-0.2, -0.15) is 5.10 Å². The van der Waals surface area contributed by atoms with Crippen LogP contribution >= 0.6 is 11.6 Å². The normalized spacial score (nSPS) is 18.2. The zero-order valence-corrected chi connectivity index (χ0v) is 17.1. The first-order chi connectivity index (χ1) is 14.1. The van der Waals surface area contributed by atoms with Gasteiger partial charge in [0.05, 0.1) is 29.4 Å². The van der Waals surface area contributed by atoms with Crippen LogP contribution in [0.25, 0.3) is 0 Å². The lowest BCUT2D eigenvalue weighted by Gasteiger charge is -2.34. The molecule has 1 aromatic heterocycles. The third kappa shape index (κ3) is 4.62. The van der Waals surface area contributed by atoms with Gasteiger partial charge in [-0.1, -0.05) is 36.6 Å². The first kappa shape index (κ1) is 19.9. The third-order valence-corrected chi connectivity index (χ3v) is 6.07. The van der Waals surface area contributed by atoms with Gasteiger partial charge in [0, 0.05) is 32.2 Å². The lowest BCUT2D eigenvalue weighted by atomic mass is 10.2. The Balaban J connectivity index is 1.28. The van der Waals surface area contributed by atoms with Crippen molar-refractivity contribution in [1.29, 1.82) is 0 Å². The average Bonchev–Trinajstić information content (AvgIpc) is 3.40. The second kappa shape index (κ2) is 8.97. The summed E-state index contributed by atoms with van der Waals surface area (Å²) < 4.78 is 1.95. The summed E-state index contributed by atoms with van der Waals surface area (Å²) >= 11 is 6.15.